The molecule has 1 aliphatic carbocycles. The van der Waals surface area contributed by atoms with Gasteiger partial charge in [-0.1, -0.05) is 48.5 Å². The van der Waals surface area contributed by atoms with Crippen molar-refractivity contribution < 1.29 is 38.5 Å². The molecule has 192 valence electrons. The average molecular weight is 499 g/mol. The largest absolute Gasteiger partial charge is 0.479 e. The van der Waals surface area contributed by atoms with Crippen molar-refractivity contribution in [3.05, 3.63) is 59.7 Å². The quantitative estimate of drug-likeness (QED) is 0.353. The number of fused-ring (bicyclic) bond motifs is 3. The van der Waals surface area contributed by atoms with E-state index in [1.165, 1.54) is 0 Å². The van der Waals surface area contributed by atoms with Gasteiger partial charge in [0.05, 0.1) is 0 Å². The maximum Gasteiger partial charge on any atom is 0.407 e. The van der Waals surface area contributed by atoms with Gasteiger partial charge < -0.3 is 30.0 Å². The van der Waals surface area contributed by atoms with Crippen molar-refractivity contribution in [2.75, 3.05) is 19.8 Å². The molecule has 10 nitrogen and oxygen atoms in total. The molecule has 0 saturated heterocycles. The minimum Gasteiger partial charge on any atom is -0.479 e. The van der Waals surface area contributed by atoms with Crippen LogP contribution < -0.4 is 10.6 Å². The van der Waals surface area contributed by atoms with Gasteiger partial charge in [0.15, 0.2) is 6.61 Å². The summed E-state index contributed by atoms with van der Waals surface area (Å²) in [5.74, 6) is -2.47. The molecule has 10 heteroatoms. The lowest BCUT2D eigenvalue weighted by Crippen LogP contribution is -2.45. The molecule has 2 amide bonds. The first-order valence-corrected chi connectivity index (χ1v) is 11.5. The predicted octanol–water partition coefficient (Wildman–Crippen LogP) is 3.44. The Morgan fingerprint density at radius 2 is 1.50 bits per heavy atom. The van der Waals surface area contributed by atoms with E-state index in [0.717, 1.165) is 22.3 Å². The summed E-state index contributed by atoms with van der Waals surface area (Å²) < 4.78 is 15.3. The zero-order valence-electron chi connectivity index (χ0n) is 20.4. The molecule has 0 aromatic heterocycles. The van der Waals surface area contributed by atoms with Crippen LogP contribution in [0.25, 0.3) is 11.1 Å². The molecule has 0 fully saturated rings. The highest BCUT2D eigenvalue weighted by Gasteiger charge is 2.30. The summed E-state index contributed by atoms with van der Waals surface area (Å²) in [6, 6.07) is 14.5. The van der Waals surface area contributed by atoms with Crippen LogP contribution in [0.1, 0.15) is 44.2 Å². The van der Waals surface area contributed by atoms with E-state index in [9.17, 15) is 19.2 Å². The third kappa shape index (κ3) is 7.21. The number of hydrogen-bond donors (Lipinski definition) is 3. The van der Waals surface area contributed by atoms with Crippen LogP contribution in [0, 0.1) is 0 Å². The van der Waals surface area contributed by atoms with Crippen LogP contribution in [0.15, 0.2) is 48.5 Å². The normalized spacial score (nSPS) is 13.1. The molecule has 3 N–H and O–H groups in total. The summed E-state index contributed by atoms with van der Waals surface area (Å²) in [4.78, 5) is 47.6. The number of nitrogens with one attached hydrogen (secondary N) is 2. The molecule has 0 spiro atoms. The van der Waals surface area contributed by atoms with E-state index in [1.54, 1.807) is 20.8 Å². The molecule has 0 radical (unpaired) electrons. The fourth-order valence-electron chi connectivity index (χ4n) is 3.90. The van der Waals surface area contributed by atoms with Crippen LogP contribution in [0.4, 0.5) is 9.59 Å². The third-order valence-corrected chi connectivity index (χ3v) is 5.36. The summed E-state index contributed by atoms with van der Waals surface area (Å²) in [5, 5.41) is 13.7. The Kier molecular flexibility index (Phi) is 8.52. The van der Waals surface area contributed by atoms with Gasteiger partial charge in [0.2, 0.25) is 0 Å². The van der Waals surface area contributed by atoms with Crippen LogP contribution in [-0.4, -0.2) is 60.6 Å². The van der Waals surface area contributed by atoms with Crippen molar-refractivity contribution in [2.45, 2.75) is 44.8 Å². The van der Waals surface area contributed by atoms with Gasteiger partial charge in [-0.2, -0.15) is 0 Å². The third-order valence-electron chi connectivity index (χ3n) is 5.36. The number of esters is 1. The smallest absolute Gasteiger partial charge is 0.407 e. The van der Waals surface area contributed by atoms with Crippen molar-refractivity contribution in [3.8, 4) is 11.1 Å². The summed E-state index contributed by atoms with van der Waals surface area (Å²) in [6.07, 6.45) is -1.63. The summed E-state index contributed by atoms with van der Waals surface area (Å²) >= 11 is 0. The Labute approximate surface area is 208 Å². The SMILES string of the molecule is CC(C)(C)OC(=O)NCCC(NC(=O)OCC1c2ccccc2-c2ccccc21)C(=O)OCC(=O)O. The predicted molar refractivity (Wildman–Crippen MR) is 129 cm³/mol. The number of carboxylic acids is 1. The monoisotopic (exact) mass is 498 g/mol. The minimum atomic E-state index is -1.34. The number of rotatable bonds is 9. The summed E-state index contributed by atoms with van der Waals surface area (Å²) in [5.41, 5.74) is 3.51. The van der Waals surface area contributed by atoms with Gasteiger partial charge in [0.1, 0.15) is 18.2 Å². The Morgan fingerprint density at radius 1 is 0.917 bits per heavy atom. The summed E-state index contributed by atoms with van der Waals surface area (Å²) in [7, 11) is 0. The van der Waals surface area contributed by atoms with Crippen molar-refractivity contribution >= 4 is 24.1 Å². The molecule has 2 aromatic carbocycles. The fourth-order valence-corrected chi connectivity index (χ4v) is 3.90. The average Bonchev–Trinajstić information content (AvgIpc) is 3.13. The highest BCUT2D eigenvalue weighted by molar-refractivity contribution is 5.83. The second-order valence-corrected chi connectivity index (χ2v) is 9.24. The van der Waals surface area contributed by atoms with Gasteiger partial charge in [-0.15, -0.1) is 0 Å². The molecule has 0 aliphatic heterocycles. The number of ether oxygens (including phenoxy) is 3. The second-order valence-electron chi connectivity index (χ2n) is 9.24. The van der Waals surface area contributed by atoms with Gasteiger partial charge in [-0.05, 0) is 49.4 Å². The van der Waals surface area contributed by atoms with Crippen LogP contribution in [0.2, 0.25) is 0 Å². The molecule has 1 aliphatic rings. The number of benzene rings is 2. The molecule has 3 rings (SSSR count). The highest BCUT2D eigenvalue weighted by Crippen LogP contribution is 2.44. The van der Waals surface area contributed by atoms with E-state index in [0.29, 0.717) is 0 Å². The number of amides is 2. The molecular formula is C26H30N2O8. The van der Waals surface area contributed by atoms with E-state index in [2.05, 4.69) is 10.6 Å². The zero-order valence-corrected chi connectivity index (χ0v) is 20.4. The van der Waals surface area contributed by atoms with Gasteiger partial charge in [0, 0.05) is 12.5 Å². The Balaban J connectivity index is 1.61. The van der Waals surface area contributed by atoms with Crippen LogP contribution >= 0.6 is 0 Å². The lowest BCUT2D eigenvalue weighted by Gasteiger charge is -2.21. The number of aliphatic carboxylic acids is 1. The first kappa shape index (κ1) is 26.5. The highest BCUT2D eigenvalue weighted by atomic mass is 16.6. The molecule has 1 unspecified atom stereocenters. The molecule has 1 atom stereocenters. The fraction of sp³-hybridized carbons (Fsp3) is 0.385. The van der Waals surface area contributed by atoms with E-state index >= 15 is 0 Å². The molecule has 0 saturated carbocycles. The number of hydrogen-bond acceptors (Lipinski definition) is 7. The van der Waals surface area contributed by atoms with Crippen molar-refractivity contribution in [1.82, 2.24) is 10.6 Å². The molecular weight excluding hydrogens is 468 g/mol. The van der Waals surface area contributed by atoms with E-state index in [4.69, 9.17) is 19.3 Å². The van der Waals surface area contributed by atoms with Crippen LogP contribution in [0.5, 0.6) is 0 Å². The van der Waals surface area contributed by atoms with E-state index in [1.807, 2.05) is 48.5 Å². The van der Waals surface area contributed by atoms with Crippen LogP contribution in [-0.2, 0) is 23.8 Å². The number of carbonyl (C=O) groups excluding carboxylic acids is 3. The number of alkyl carbamates (subject to hydrolysis) is 2. The molecule has 2 aromatic rings. The van der Waals surface area contributed by atoms with Gasteiger partial charge in [-0.25, -0.2) is 19.2 Å². The number of carboxylic acid groups (broad SMARTS) is 1. The molecule has 0 heterocycles. The minimum absolute atomic E-state index is 0.0346. The molecule has 0 bridgehead atoms. The zero-order chi connectivity index (χ0) is 26.3. The summed E-state index contributed by atoms with van der Waals surface area (Å²) in [6.45, 7) is 4.26. The molecule has 36 heavy (non-hydrogen) atoms. The van der Waals surface area contributed by atoms with Crippen molar-refractivity contribution in [1.29, 1.82) is 0 Å². The standard InChI is InChI=1S/C26H30N2O8/c1-26(2,3)36-24(32)27-13-12-21(23(31)34-15-22(29)30)28-25(33)35-14-20-18-10-6-4-8-16(18)17-9-5-7-11-19(17)20/h4-11,20-21H,12-15H2,1-3H3,(H,27,32)(H,28,33)(H,29,30). The van der Waals surface area contributed by atoms with Gasteiger partial charge >= 0.3 is 24.1 Å². The van der Waals surface area contributed by atoms with E-state index in [-0.39, 0.29) is 25.5 Å². The lowest BCUT2D eigenvalue weighted by molar-refractivity contribution is -0.156. The van der Waals surface area contributed by atoms with Gasteiger partial charge in [-0.3, -0.25) is 0 Å². The van der Waals surface area contributed by atoms with Crippen molar-refractivity contribution in [3.63, 3.8) is 0 Å². The Morgan fingerprint density at radius 3 is 2.06 bits per heavy atom. The Bertz CT molecular complexity index is 1080. The second kappa shape index (κ2) is 11.6. The van der Waals surface area contributed by atoms with Crippen LogP contribution in [0.3, 0.4) is 0 Å². The van der Waals surface area contributed by atoms with Crippen molar-refractivity contribution in [2.24, 2.45) is 0 Å². The number of carbonyl (C=O) groups is 4. The first-order chi connectivity index (χ1) is 17.0. The topological polar surface area (TPSA) is 140 Å². The van der Waals surface area contributed by atoms with E-state index < -0.39 is 42.4 Å². The maximum atomic E-state index is 12.6. The van der Waals surface area contributed by atoms with Gasteiger partial charge in [0.25, 0.3) is 0 Å². The maximum absolute atomic E-state index is 12.6. The first-order valence-electron chi connectivity index (χ1n) is 11.5. The Hall–Kier alpha value is -4.08. The lowest BCUT2D eigenvalue weighted by atomic mass is 9.98.